The Hall–Kier alpha value is -0.490. The average molecular weight is 312 g/mol. The lowest BCUT2D eigenvalue weighted by Gasteiger charge is -2.13. The molecular formula is C11H15Cl2NO3S. The summed E-state index contributed by atoms with van der Waals surface area (Å²) in [5.41, 5.74) is -0.0711. The number of sulfonamides is 1. The van der Waals surface area contributed by atoms with Crippen LogP contribution < -0.4 is 9.46 Å². The number of alkyl halides is 2. The van der Waals surface area contributed by atoms with Crippen LogP contribution in [0, 0.1) is 0 Å². The smallest absolute Gasteiger partial charge is 0.241 e. The lowest BCUT2D eigenvalue weighted by molar-refractivity contribution is 0.409. The van der Waals surface area contributed by atoms with Gasteiger partial charge in [-0.25, -0.2) is 8.42 Å². The zero-order valence-corrected chi connectivity index (χ0v) is 12.6. The molecule has 2 unspecified atom stereocenters. The molecule has 0 aliphatic carbocycles. The summed E-state index contributed by atoms with van der Waals surface area (Å²) in [5, 5.41) is -0.358. The van der Waals surface area contributed by atoms with E-state index in [4.69, 9.17) is 27.9 Å². The summed E-state index contributed by atoms with van der Waals surface area (Å²) in [4.78, 5) is 0.110. The molecule has 18 heavy (non-hydrogen) atoms. The number of methoxy groups -OCH3 is 1. The maximum Gasteiger partial charge on any atom is 0.241 e. The molecule has 2 atom stereocenters. The molecule has 0 bridgehead atoms. The van der Waals surface area contributed by atoms with Crippen LogP contribution >= 0.6 is 23.2 Å². The maximum atomic E-state index is 11.9. The summed E-state index contributed by atoms with van der Waals surface area (Å²) in [6, 6.07) is 4.50. The van der Waals surface area contributed by atoms with Crippen molar-refractivity contribution in [1.82, 2.24) is 4.72 Å². The van der Waals surface area contributed by atoms with Crippen molar-refractivity contribution in [2.45, 2.75) is 29.6 Å². The van der Waals surface area contributed by atoms with Gasteiger partial charge in [-0.2, -0.15) is 4.72 Å². The van der Waals surface area contributed by atoms with E-state index in [9.17, 15) is 8.42 Å². The molecule has 1 aromatic carbocycles. The minimum absolute atomic E-state index is 0.110. The molecule has 0 aliphatic rings. The number of ether oxygens (including phenoxy) is 1. The molecule has 0 spiro atoms. The third kappa shape index (κ3) is 3.75. The van der Waals surface area contributed by atoms with Crippen molar-refractivity contribution in [3.8, 4) is 5.75 Å². The largest absolute Gasteiger partial charge is 0.496 e. The third-order valence-corrected chi connectivity index (χ3v) is 4.27. The second kappa shape index (κ2) is 6.10. The lowest BCUT2D eigenvalue weighted by Crippen LogP contribution is -2.28. The first-order valence-corrected chi connectivity index (χ1v) is 7.62. The van der Waals surface area contributed by atoms with Crippen LogP contribution in [-0.2, 0) is 10.0 Å². The Kier molecular flexibility index (Phi) is 5.28. The van der Waals surface area contributed by atoms with Crippen LogP contribution in [0.15, 0.2) is 23.1 Å². The number of rotatable bonds is 5. The molecule has 1 aromatic rings. The molecule has 0 saturated carbocycles. The Morgan fingerprint density at radius 3 is 2.33 bits per heavy atom. The number of halogens is 2. The van der Waals surface area contributed by atoms with E-state index in [0.717, 1.165) is 0 Å². The monoisotopic (exact) mass is 311 g/mol. The van der Waals surface area contributed by atoms with Gasteiger partial charge in [0.2, 0.25) is 10.0 Å². The van der Waals surface area contributed by atoms with Crippen molar-refractivity contribution in [3.63, 3.8) is 0 Å². The zero-order valence-electron chi connectivity index (χ0n) is 10.3. The summed E-state index contributed by atoms with van der Waals surface area (Å²) in [6.45, 7) is 3.28. The SMILES string of the molecule is COc1ccc(S(=O)(=O)NC(C)Cl)cc1C(C)Cl. The molecule has 102 valence electrons. The highest BCUT2D eigenvalue weighted by Crippen LogP contribution is 2.31. The van der Waals surface area contributed by atoms with E-state index >= 15 is 0 Å². The Morgan fingerprint density at radius 1 is 1.28 bits per heavy atom. The summed E-state index contributed by atoms with van der Waals surface area (Å²) in [5.74, 6) is 0.551. The van der Waals surface area contributed by atoms with Crippen LogP contribution in [0.3, 0.4) is 0 Å². The van der Waals surface area contributed by atoms with Gasteiger partial charge in [0, 0.05) is 5.56 Å². The number of hydrogen-bond acceptors (Lipinski definition) is 3. The van der Waals surface area contributed by atoms with Crippen molar-refractivity contribution in [3.05, 3.63) is 23.8 Å². The molecule has 7 heteroatoms. The molecule has 1 N–H and O–H groups in total. The normalized spacial score (nSPS) is 15.2. The molecule has 0 radical (unpaired) electrons. The van der Waals surface area contributed by atoms with Gasteiger partial charge in [0.15, 0.2) is 0 Å². The highest BCUT2D eigenvalue weighted by atomic mass is 35.5. The summed E-state index contributed by atoms with van der Waals surface area (Å²) in [7, 11) is -2.13. The molecule has 0 fully saturated rings. The van der Waals surface area contributed by atoms with Gasteiger partial charge in [0.25, 0.3) is 0 Å². The number of benzene rings is 1. The fourth-order valence-corrected chi connectivity index (χ4v) is 3.09. The first kappa shape index (κ1) is 15.6. The van der Waals surface area contributed by atoms with E-state index in [1.165, 1.54) is 26.2 Å². The molecule has 0 heterocycles. The molecule has 1 rings (SSSR count). The van der Waals surface area contributed by atoms with Gasteiger partial charge >= 0.3 is 0 Å². The van der Waals surface area contributed by atoms with E-state index in [1.54, 1.807) is 13.0 Å². The first-order valence-electron chi connectivity index (χ1n) is 5.26. The van der Waals surface area contributed by atoms with E-state index < -0.39 is 15.5 Å². The average Bonchev–Trinajstić information content (AvgIpc) is 2.26. The van der Waals surface area contributed by atoms with Crippen molar-refractivity contribution >= 4 is 33.2 Å². The van der Waals surface area contributed by atoms with Gasteiger partial charge < -0.3 is 4.74 Å². The molecule has 0 amide bonds. The van der Waals surface area contributed by atoms with Gasteiger partial charge in [0.1, 0.15) is 5.75 Å². The van der Waals surface area contributed by atoms with E-state index in [0.29, 0.717) is 11.3 Å². The quantitative estimate of drug-likeness (QED) is 0.672. The van der Waals surface area contributed by atoms with Crippen molar-refractivity contribution in [2.75, 3.05) is 7.11 Å². The predicted molar refractivity (Wildman–Crippen MR) is 72.9 cm³/mol. The zero-order chi connectivity index (χ0) is 13.9. The number of nitrogens with one attached hydrogen (secondary N) is 1. The van der Waals surface area contributed by atoms with Crippen molar-refractivity contribution < 1.29 is 13.2 Å². The summed E-state index contributed by atoms with van der Waals surface area (Å²) < 4.78 is 31.3. The third-order valence-electron chi connectivity index (χ3n) is 2.26. The second-order valence-electron chi connectivity index (χ2n) is 3.76. The van der Waals surface area contributed by atoms with Gasteiger partial charge in [-0.3, -0.25) is 0 Å². The van der Waals surface area contributed by atoms with E-state index in [2.05, 4.69) is 4.72 Å². The second-order valence-corrected chi connectivity index (χ2v) is 6.78. The lowest BCUT2D eigenvalue weighted by atomic mass is 10.1. The fourth-order valence-electron chi connectivity index (χ4n) is 1.47. The van der Waals surface area contributed by atoms with Gasteiger partial charge in [-0.1, -0.05) is 0 Å². The highest BCUT2D eigenvalue weighted by Gasteiger charge is 2.19. The summed E-state index contributed by atoms with van der Waals surface area (Å²) in [6.07, 6.45) is 0. The van der Waals surface area contributed by atoms with E-state index in [-0.39, 0.29) is 10.3 Å². The van der Waals surface area contributed by atoms with Crippen LogP contribution in [0.5, 0.6) is 5.75 Å². The Morgan fingerprint density at radius 2 is 1.89 bits per heavy atom. The molecule has 0 aromatic heterocycles. The Labute approximate surface area is 117 Å². The van der Waals surface area contributed by atoms with Gasteiger partial charge in [-0.05, 0) is 32.0 Å². The molecule has 0 aliphatic heterocycles. The fraction of sp³-hybridized carbons (Fsp3) is 0.455. The van der Waals surface area contributed by atoms with Crippen LogP contribution in [0.4, 0.5) is 0 Å². The van der Waals surface area contributed by atoms with Crippen molar-refractivity contribution in [2.24, 2.45) is 0 Å². The Bertz CT molecular complexity index is 515. The van der Waals surface area contributed by atoms with Crippen LogP contribution in [-0.4, -0.2) is 21.0 Å². The molecule has 4 nitrogen and oxygen atoms in total. The Balaban J connectivity index is 3.24. The van der Waals surface area contributed by atoms with Gasteiger partial charge in [-0.15, -0.1) is 23.2 Å². The van der Waals surface area contributed by atoms with Crippen molar-refractivity contribution in [1.29, 1.82) is 0 Å². The standard InChI is InChI=1S/C11H15Cl2NO3S/c1-7(12)10-6-9(4-5-11(10)17-3)18(15,16)14-8(2)13/h4-8,14H,1-3H3. The first-order chi connectivity index (χ1) is 8.27. The number of hydrogen-bond donors (Lipinski definition) is 1. The van der Waals surface area contributed by atoms with Crippen LogP contribution in [0.1, 0.15) is 24.8 Å². The van der Waals surface area contributed by atoms with Gasteiger partial charge in [0.05, 0.1) is 22.9 Å². The van der Waals surface area contributed by atoms with E-state index in [1.807, 2.05) is 0 Å². The van der Waals surface area contributed by atoms with Crippen LogP contribution in [0.25, 0.3) is 0 Å². The molecule has 0 saturated heterocycles. The minimum Gasteiger partial charge on any atom is -0.496 e. The maximum absolute atomic E-state index is 11.9. The highest BCUT2D eigenvalue weighted by molar-refractivity contribution is 7.89. The topological polar surface area (TPSA) is 55.4 Å². The molecular weight excluding hydrogens is 297 g/mol. The van der Waals surface area contributed by atoms with Crippen LogP contribution in [0.2, 0.25) is 0 Å². The minimum atomic E-state index is -3.64. The summed E-state index contributed by atoms with van der Waals surface area (Å²) >= 11 is 11.6. The predicted octanol–water partition coefficient (Wildman–Crippen LogP) is 2.86.